The molecule has 1 N–H and O–H groups in total. The fourth-order valence-electron chi connectivity index (χ4n) is 2.77. The van der Waals surface area contributed by atoms with Crippen molar-refractivity contribution < 1.29 is 27.1 Å². The number of nitrogens with one attached hydrogen (secondary N) is 1. The van der Waals surface area contributed by atoms with E-state index >= 15 is 0 Å². The molecule has 0 unspecified atom stereocenters. The maximum atomic E-state index is 13.2. The third-order valence-electron chi connectivity index (χ3n) is 4.24. The summed E-state index contributed by atoms with van der Waals surface area (Å²) < 4.78 is 50.4. The summed E-state index contributed by atoms with van der Waals surface area (Å²) in [6.07, 6.45) is -4.65. The van der Waals surface area contributed by atoms with E-state index in [1.54, 1.807) is 31.4 Å². The van der Waals surface area contributed by atoms with Gasteiger partial charge in [0.1, 0.15) is 11.4 Å². The number of hydrogen-bond donors (Lipinski definition) is 1. The zero-order valence-electron chi connectivity index (χ0n) is 16.0. The molecule has 1 aromatic heterocycles. The Kier molecular flexibility index (Phi) is 5.63. The van der Waals surface area contributed by atoms with Gasteiger partial charge in [-0.1, -0.05) is 26.0 Å². The van der Waals surface area contributed by atoms with Crippen LogP contribution in [0.4, 0.5) is 19.1 Å². The monoisotopic (exact) mass is 404 g/mol. The predicted molar refractivity (Wildman–Crippen MR) is 102 cm³/mol. The number of hydrogen-bond acceptors (Lipinski definition) is 4. The fraction of sp³-hybridized carbons (Fsp3) is 0.238. The first-order chi connectivity index (χ1) is 13.7. The standard InChI is InChI=1S/C21H19F3N2O3/c1-12(2)17-20(29-19(25-17)13-8-10-14(28-3)11-9-13)26-18(27)15-6-4-5-7-16(15)21(22,23)24/h4-12H,1-3H3,(H,26,27). The lowest BCUT2D eigenvalue weighted by Crippen LogP contribution is -2.19. The average molecular weight is 404 g/mol. The molecule has 3 rings (SSSR count). The summed E-state index contributed by atoms with van der Waals surface area (Å²) in [7, 11) is 1.55. The third-order valence-corrected chi connectivity index (χ3v) is 4.24. The number of carbonyl (C=O) groups excluding carboxylic acids is 1. The van der Waals surface area contributed by atoms with Crippen molar-refractivity contribution in [2.75, 3.05) is 12.4 Å². The van der Waals surface area contributed by atoms with Crippen molar-refractivity contribution in [2.24, 2.45) is 0 Å². The zero-order valence-corrected chi connectivity index (χ0v) is 16.0. The summed E-state index contributed by atoms with van der Waals surface area (Å²) >= 11 is 0. The van der Waals surface area contributed by atoms with Crippen molar-refractivity contribution in [1.29, 1.82) is 0 Å². The quantitative estimate of drug-likeness (QED) is 0.589. The minimum absolute atomic E-state index is 0.0211. The van der Waals surface area contributed by atoms with Gasteiger partial charge in [-0.2, -0.15) is 13.2 Å². The number of nitrogens with zero attached hydrogens (tertiary/aromatic N) is 1. The van der Waals surface area contributed by atoms with Crippen molar-refractivity contribution in [3.63, 3.8) is 0 Å². The van der Waals surface area contributed by atoms with Crippen LogP contribution in [0.3, 0.4) is 0 Å². The maximum absolute atomic E-state index is 13.2. The Balaban J connectivity index is 1.95. The molecule has 0 fully saturated rings. The Bertz CT molecular complexity index is 1010. The second-order valence-electron chi connectivity index (χ2n) is 6.61. The normalized spacial score (nSPS) is 11.6. The first kappa shape index (κ1) is 20.4. The van der Waals surface area contributed by atoms with Crippen LogP contribution in [0.25, 0.3) is 11.5 Å². The van der Waals surface area contributed by atoms with Gasteiger partial charge in [0.2, 0.25) is 11.8 Å². The molecule has 0 saturated carbocycles. The highest BCUT2D eigenvalue weighted by Gasteiger charge is 2.35. The van der Waals surface area contributed by atoms with E-state index in [-0.39, 0.29) is 17.7 Å². The lowest BCUT2D eigenvalue weighted by Gasteiger charge is -2.12. The Hall–Kier alpha value is -3.29. The van der Waals surface area contributed by atoms with Crippen molar-refractivity contribution in [3.05, 3.63) is 65.4 Å². The van der Waals surface area contributed by atoms with Crippen LogP contribution in [0, 0.1) is 0 Å². The third kappa shape index (κ3) is 4.42. The number of rotatable bonds is 5. The van der Waals surface area contributed by atoms with Gasteiger partial charge in [0.25, 0.3) is 5.91 Å². The van der Waals surface area contributed by atoms with Crippen molar-refractivity contribution in [1.82, 2.24) is 4.98 Å². The van der Waals surface area contributed by atoms with Gasteiger partial charge in [-0.3, -0.25) is 10.1 Å². The molecule has 0 saturated heterocycles. The van der Waals surface area contributed by atoms with Gasteiger partial charge < -0.3 is 9.15 Å². The number of methoxy groups -OCH3 is 1. The highest BCUT2D eigenvalue weighted by atomic mass is 19.4. The molecule has 0 aliphatic heterocycles. The maximum Gasteiger partial charge on any atom is 0.417 e. The number of anilines is 1. The molecular formula is C21H19F3N2O3. The fourth-order valence-corrected chi connectivity index (χ4v) is 2.77. The summed E-state index contributed by atoms with van der Waals surface area (Å²) in [6.45, 7) is 3.68. The van der Waals surface area contributed by atoms with Crippen molar-refractivity contribution in [3.8, 4) is 17.2 Å². The number of halogens is 3. The van der Waals surface area contributed by atoms with Crippen LogP contribution >= 0.6 is 0 Å². The highest BCUT2D eigenvalue weighted by Crippen LogP contribution is 2.34. The molecule has 0 aliphatic carbocycles. The number of carbonyl (C=O) groups is 1. The number of amides is 1. The van der Waals surface area contributed by atoms with Crippen LogP contribution in [0.15, 0.2) is 52.9 Å². The molecular weight excluding hydrogens is 385 g/mol. The van der Waals surface area contributed by atoms with Gasteiger partial charge >= 0.3 is 6.18 Å². The zero-order chi connectivity index (χ0) is 21.2. The van der Waals surface area contributed by atoms with E-state index in [4.69, 9.17) is 9.15 Å². The SMILES string of the molecule is COc1ccc(-c2nc(C(C)C)c(NC(=O)c3ccccc3C(F)(F)F)o2)cc1. The summed E-state index contributed by atoms with van der Waals surface area (Å²) in [6, 6.07) is 11.5. The van der Waals surface area contributed by atoms with E-state index in [2.05, 4.69) is 10.3 Å². The number of aromatic nitrogens is 1. The number of oxazole rings is 1. The topological polar surface area (TPSA) is 64.4 Å². The Morgan fingerprint density at radius 3 is 2.34 bits per heavy atom. The van der Waals surface area contributed by atoms with Crippen LogP contribution in [0.5, 0.6) is 5.75 Å². The van der Waals surface area contributed by atoms with Crippen molar-refractivity contribution in [2.45, 2.75) is 25.9 Å². The summed E-state index contributed by atoms with van der Waals surface area (Å²) in [4.78, 5) is 17.0. The Morgan fingerprint density at radius 1 is 1.10 bits per heavy atom. The van der Waals surface area contributed by atoms with E-state index in [1.807, 2.05) is 13.8 Å². The first-order valence-corrected chi connectivity index (χ1v) is 8.83. The summed E-state index contributed by atoms with van der Waals surface area (Å²) in [5.41, 5.74) is -0.423. The number of alkyl halides is 3. The molecule has 5 nitrogen and oxygen atoms in total. The Morgan fingerprint density at radius 2 is 1.76 bits per heavy atom. The molecule has 8 heteroatoms. The molecule has 3 aromatic rings. The number of benzene rings is 2. The smallest absolute Gasteiger partial charge is 0.417 e. The van der Waals surface area contributed by atoms with Crippen LogP contribution in [-0.2, 0) is 6.18 Å². The van der Waals surface area contributed by atoms with E-state index in [0.29, 0.717) is 17.0 Å². The molecule has 0 aliphatic rings. The summed E-state index contributed by atoms with van der Waals surface area (Å²) in [5, 5.41) is 2.44. The molecule has 1 heterocycles. The largest absolute Gasteiger partial charge is 0.497 e. The van der Waals surface area contributed by atoms with Crippen LogP contribution < -0.4 is 10.1 Å². The molecule has 0 atom stereocenters. The average Bonchev–Trinajstić information content (AvgIpc) is 3.11. The van der Waals surface area contributed by atoms with Gasteiger partial charge in [-0.15, -0.1) is 0 Å². The van der Waals surface area contributed by atoms with Gasteiger partial charge in [0.15, 0.2) is 0 Å². The van der Waals surface area contributed by atoms with Gasteiger partial charge in [-0.05, 0) is 36.4 Å². The summed E-state index contributed by atoms with van der Waals surface area (Å²) in [5.74, 6) is -0.124. The number of ether oxygens (including phenoxy) is 1. The van der Waals surface area contributed by atoms with Crippen molar-refractivity contribution >= 4 is 11.8 Å². The van der Waals surface area contributed by atoms with Gasteiger partial charge in [0.05, 0.1) is 18.2 Å². The van der Waals surface area contributed by atoms with E-state index in [9.17, 15) is 18.0 Å². The molecule has 2 aromatic carbocycles. The lowest BCUT2D eigenvalue weighted by molar-refractivity contribution is -0.137. The molecule has 1 amide bonds. The van der Waals surface area contributed by atoms with E-state index in [0.717, 1.165) is 12.1 Å². The second kappa shape index (κ2) is 7.98. The Labute approximate surface area is 165 Å². The van der Waals surface area contributed by atoms with Crippen LogP contribution in [-0.4, -0.2) is 18.0 Å². The first-order valence-electron chi connectivity index (χ1n) is 8.83. The second-order valence-corrected chi connectivity index (χ2v) is 6.61. The minimum Gasteiger partial charge on any atom is -0.497 e. The van der Waals surface area contributed by atoms with E-state index < -0.39 is 23.2 Å². The molecule has 152 valence electrons. The highest BCUT2D eigenvalue weighted by molar-refractivity contribution is 6.05. The minimum atomic E-state index is -4.65. The van der Waals surface area contributed by atoms with E-state index in [1.165, 1.54) is 12.1 Å². The van der Waals surface area contributed by atoms with Gasteiger partial charge in [-0.25, -0.2) is 4.98 Å². The van der Waals surface area contributed by atoms with Crippen LogP contribution in [0.2, 0.25) is 0 Å². The molecule has 0 radical (unpaired) electrons. The molecule has 0 spiro atoms. The van der Waals surface area contributed by atoms with Gasteiger partial charge in [0, 0.05) is 11.5 Å². The van der Waals surface area contributed by atoms with Crippen LogP contribution in [0.1, 0.15) is 41.4 Å². The molecule has 29 heavy (non-hydrogen) atoms. The lowest BCUT2D eigenvalue weighted by atomic mass is 10.1. The predicted octanol–water partition coefficient (Wildman–Crippen LogP) is 5.74. The molecule has 0 bridgehead atoms.